The van der Waals surface area contributed by atoms with Crippen molar-refractivity contribution in [2.24, 2.45) is 0 Å². The van der Waals surface area contributed by atoms with Gasteiger partial charge in [-0.05, 0) is 50.5 Å². The van der Waals surface area contributed by atoms with Gasteiger partial charge in [0.05, 0.1) is 5.69 Å². The zero-order valence-electron chi connectivity index (χ0n) is 9.89. The van der Waals surface area contributed by atoms with Gasteiger partial charge in [-0.15, -0.1) is 11.3 Å². The summed E-state index contributed by atoms with van der Waals surface area (Å²) in [4.78, 5) is 4.50. The third kappa shape index (κ3) is 2.00. The van der Waals surface area contributed by atoms with Gasteiger partial charge < -0.3 is 0 Å². The van der Waals surface area contributed by atoms with Gasteiger partial charge in [-0.3, -0.25) is 0 Å². The quantitative estimate of drug-likeness (QED) is 0.716. The molecule has 16 heavy (non-hydrogen) atoms. The maximum absolute atomic E-state index is 6.06. The van der Waals surface area contributed by atoms with Crippen LogP contribution in [0.3, 0.4) is 0 Å². The third-order valence-corrected chi connectivity index (χ3v) is 4.30. The smallest absolute Gasteiger partial charge is 0.125 e. The molecule has 0 aliphatic rings. The summed E-state index contributed by atoms with van der Waals surface area (Å²) in [5.74, 6) is 0. The Hall–Kier alpha value is -0.860. The van der Waals surface area contributed by atoms with E-state index >= 15 is 0 Å². The van der Waals surface area contributed by atoms with Gasteiger partial charge in [0, 0.05) is 5.56 Å². The molecule has 1 aromatic heterocycles. The van der Waals surface area contributed by atoms with Crippen LogP contribution in [0.1, 0.15) is 22.4 Å². The zero-order chi connectivity index (χ0) is 11.9. The second-order valence-electron chi connectivity index (χ2n) is 4.13. The number of halogens is 1. The standard InChI is InChI=1S/C13H14ClNS/c1-7-5-9(3)11(6-8(7)2)13-15-10(4)12(14)16-13/h5-6H,1-4H3. The SMILES string of the molecule is Cc1cc(C)c(-c2nc(C)c(Cl)s2)cc1C. The van der Waals surface area contributed by atoms with Gasteiger partial charge in [0.15, 0.2) is 0 Å². The van der Waals surface area contributed by atoms with Crippen molar-refractivity contribution in [1.82, 2.24) is 4.98 Å². The largest absolute Gasteiger partial charge is 0.240 e. The predicted molar refractivity (Wildman–Crippen MR) is 71.5 cm³/mol. The van der Waals surface area contributed by atoms with Crippen molar-refractivity contribution < 1.29 is 0 Å². The highest BCUT2D eigenvalue weighted by molar-refractivity contribution is 7.19. The van der Waals surface area contributed by atoms with Crippen molar-refractivity contribution in [3.8, 4) is 10.6 Å². The Labute approximate surface area is 105 Å². The number of hydrogen-bond acceptors (Lipinski definition) is 2. The maximum Gasteiger partial charge on any atom is 0.125 e. The summed E-state index contributed by atoms with van der Waals surface area (Å²) in [6.45, 7) is 8.32. The molecule has 0 saturated heterocycles. The highest BCUT2D eigenvalue weighted by Gasteiger charge is 2.10. The van der Waals surface area contributed by atoms with Crippen LogP contribution >= 0.6 is 22.9 Å². The number of hydrogen-bond donors (Lipinski definition) is 0. The Morgan fingerprint density at radius 3 is 2.19 bits per heavy atom. The molecule has 1 heterocycles. The van der Waals surface area contributed by atoms with Gasteiger partial charge in [-0.25, -0.2) is 4.98 Å². The van der Waals surface area contributed by atoms with E-state index in [-0.39, 0.29) is 0 Å². The molecule has 0 amide bonds. The fourth-order valence-corrected chi connectivity index (χ4v) is 2.82. The van der Waals surface area contributed by atoms with Gasteiger partial charge in [0.2, 0.25) is 0 Å². The molecule has 2 rings (SSSR count). The summed E-state index contributed by atoms with van der Waals surface area (Å²) in [5, 5.41) is 1.02. The summed E-state index contributed by atoms with van der Waals surface area (Å²) >= 11 is 7.61. The van der Waals surface area contributed by atoms with Crippen LogP contribution in [-0.2, 0) is 0 Å². The van der Waals surface area contributed by atoms with Crippen LogP contribution in [0.5, 0.6) is 0 Å². The second-order valence-corrected chi connectivity index (χ2v) is 5.73. The van der Waals surface area contributed by atoms with Gasteiger partial charge in [0.25, 0.3) is 0 Å². The first-order chi connectivity index (χ1) is 7.49. The van der Waals surface area contributed by atoms with Crippen LogP contribution < -0.4 is 0 Å². The monoisotopic (exact) mass is 251 g/mol. The van der Waals surface area contributed by atoms with Crippen molar-refractivity contribution >= 4 is 22.9 Å². The fraction of sp³-hybridized carbons (Fsp3) is 0.308. The number of aryl methyl sites for hydroxylation is 4. The normalized spacial score (nSPS) is 10.8. The van der Waals surface area contributed by atoms with Gasteiger partial charge in [0.1, 0.15) is 9.34 Å². The highest BCUT2D eigenvalue weighted by Crippen LogP contribution is 2.34. The van der Waals surface area contributed by atoms with E-state index in [1.807, 2.05) is 6.92 Å². The molecule has 0 radical (unpaired) electrons. The molecule has 0 unspecified atom stereocenters. The van der Waals surface area contributed by atoms with E-state index in [9.17, 15) is 0 Å². The van der Waals surface area contributed by atoms with Gasteiger partial charge in [-0.2, -0.15) is 0 Å². The molecule has 0 bridgehead atoms. The van der Waals surface area contributed by atoms with Crippen LogP contribution in [0.15, 0.2) is 12.1 Å². The molecule has 0 atom stereocenters. The van der Waals surface area contributed by atoms with E-state index in [4.69, 9.17) is 11.6 Å². The van der Waals surface area contributed by atoms with Gasteiger partial charge >= 0.3 is 0 Å². The summed E-state index contributed by atoms with van der Waals surface area (Å²) in [6, 6.07) is 4.40. The summed E-state index contributed by atoms with van der Waals surface area (Å²) in [5.41, 5.74) is 5.99. The van der Waals surface area contributed by atoms with Gasteiger partial charge in [-0.1, -0.05) is 17.7 Å². The highest BCUT2D eigenvalue weighted by atomic mass is 35.5. The summed E-state index contributed by atoms with van der Waals surface area (Å²) in [6.07, 6.45) is 0. The molecule has 1 nitrogen and oxygen atoms in total. The van der Waals surface area contributed by atoms with E-state index in [1.54, 1.807) is 11.3 Å². The maximum atomic E-state index is 6.06. The molecule has 84 valence electrons. The number of rotatable bonds is 1. The lowest BCUT2D eigenvalue weighted by molar-refractivity contribution is 1.24. The molecule has 2 aromatic rings. The number of nitrogens with zero attached hydrogens (tertiary/aromatic N) is 1. The fourth-order valence-electron chi connectivity index (χ4n) is 1.68. The Morgan fingerprint density at radius 2 is 1.62 bits per heavy atom. The number of thiazole rings is 1. The first-order valence-electron chi connectivity index (χ1n) is 5.20. The Kier molecular flexibility index (Phi) is 3.04. The number of aromatic nitrogens is 1. The van der Waals surface area contributed by atoms with E-state index in [1.165, 1.54) is 22.3 Å². The molecule has 0 spiro atoms. The molecular formula is C13H14ClNS. The Morgan fingerprint density at radius 1 is 1.00 bits per heavy atom. The van der Waals surface area contributed by atoms with Crippen molar-refractivity contribution in [3.63, 3.8) is 0 Å². The van der Waals surface area contributed by atoms with Crippen molar-refractivity contribution in [1.29, 1.82) is 0 Å². The lowest BCUT2D eigenvalue weighted by Gasteiger charge is -2.07. The Bertz CT molecular complexity index is 524. The van der Waals surface area contributed by atoms with Crippen molar-refractivity contribution in [2.75, 3.05) is 0 Å². The summed E-state index contributed by atoms with van der Waals surface area (Å²) < 4.78 is 0.785. The summed E-state index contributed by atoms with van der Waals surface area (Å²) in [7, 11) is 0. The van der Waals surface area contributed by atoms with E-state index in [0.29, 0.717) is 0 Å². The van der Waals surface area contributed by atoms with Crippen molar-refractivity contribution in [2.45, 2.75) is 27.7 Å². The average molecular weight is 252 g/mol. The van der Waals surface area contributed by atoms with Crippen LogP contribution in [-0.4, -0.2) is 4.98 Å². The molecule has 0 fully saturated rings. The minimum Gasteiger partial charge on any atom is -0.240 e. The average Bonchev–Trinajstić information content (AvgIpc) is 2.53. The van der Waals surface area contributed by atoms with Crippen molar-refractivity contribution in [3.05, 3.63) is 38.9 Å². The second kappa shape index (κ2) is 4.19. The molecule has 0 aliphatic heterocycles. The van der Waals surface area contributed by atoms with E-state index in [2.05, 4.69) is 37.9 Å². The molecule has 0 N–H and O–H groups in total. The van der Waals surface area contributed by atoms with E-state index in [0.717, 1.165) is 15.0 Å². The predicted octanol–water partition coefficient (Wildman–Crippen LogP) is 4.70. The third-order valence-electron chi connectivity index (χ3n) is 2.81. The molecular weight excluding hydrogens is 238 g/mol. The first-order valence-corrected chi connectivity index (χ1v) is 6.39. The minimum atomic E-state index is 0.785. The van der Waals surface area contributed by atoms with Crippen LogP contribution in [0.4, 0.5) is 0 Å². The zero-order valence-corrected chi connectivity index (χ0v) is 11.5. The first kappa shape index (κ1) is 11.6. The topological polar surface area (TPSA) is 12.9 Å². The van der Waals surface area contributed by atoms with Crippen LogP contribution in [0.2, 0.25) is 4.34 Å². The molecule has 3 heteroatoms. The molecule has 1 aromatic carbocycles. The lowest BCUT2D eigenvalue weighted by Crippen LogP contribution is -1.88. The van der Waals surface area contributed by atoms with Crippen LogP contribution in [0, 0.1) is 27.7 Å². The molecule has 0 aliphatic carbocycles. The molecule has 0 saturated carbocycles. The van der Waals surface area contributed by atoms with E-state index < -0.39 is 0 Å². The lowest BCUT2D eigenvalue weighted by atomic mass is 10.0. The van der Waals surface area contributed by atoms with Crippen LogP contribution in [0.25, 0.3) is 10.6 Å². The Balaban J connectivity index is 2.60. The minimum absolute atomic E-state index is 0.785. The number of benzene rings is 1.